The van der Waals surface area contributed by atoms with Gasteiger partial charge >= 0.3 is 0 Å². The minimum absolute atomic E-state index is 0.0651. The minimum Gasteiger partial charge on any atom is -0.387 e. The van der Waals surface area contributed by atoms with Gasteiger partial charge < -0.3 is 5.11 Å². The molecule has 1 nitrogen and oxygen atoms in total. The van der Waals surface area contributed by atoms with Gasteiger partial charge in [0, 0.05) is 5.92 Å². The monoisotopic (exact) mass is 350 g/mol. The van der Waals surface area contributed by atoms with Crippen molar-refractivity contribution in [3.05, 3.63) is 0 Å². The molecule has 0 aromatic carbocycles. The maximum atomic E-state index is 14.8. The van der Waals surface area contributed by atoms with Crippen molar-refractivity contribution in [3.63, 3.8) is 0 Å². The Kier molecular flexibility index (Phi) is 5.78. The zero-order valence-corrected chi connectivity index (χ0v) is 14.4. The van der Waals surface area contributed by atoms with E-state index in [1.54, 1.807) is 0 Å². The van der Waals surface area contributed by atoms with Gasteiger partial charge in [-0.05, 0) is 62.2 Å². The summed E-state index contributed by atoms with van der Waals surface area (Å²) in [6.45, 7) is 2.22. The zero-order valence-electron chi connectivity index (χ0n) is 14.4. The molecule has 0 spiro atoms. The second-order valence-electron chi connectivity index (χ2n) is 8.61. The van der Waals surface area contributed by atoms with Crippen molar-refractivity contribution in [2.75, 3.05) is 0 Å². The molecule has 3 aliphatic rings. The molecule has 4 unspecified atom stereocenters. The van der Waals surface area contributed by atoms with Crippen molar-refractivity contribution in [3.8, 4) is 0 Å². The predicted molar refractivity (Wildman–Crippen MR) is 85.7 cm³/mol. The molecular formula is C19H30F4O. The zero-order chi connectivity index (χ0) is 17.4. The molecule has 3 saturated carbocycles. The lowest BCUT2D eigenvalue weighted by Gasteiger charge is -2.45. The van der Waals surface area contributed by atoms with Crippen LogP contribution in [0.3, 0.4) is 0 Å². The Hall–Kier alpha value is -0.320. The Bertz CT molecular complexity index is 388. The summed E-state index contributed by atoms with van der Waals surface area (Å²) in [5.41, 5.74) is 0. The van der Waals surface area contributed by atoms with E-state index in [-0.39, 0.29) is 18.8 Å². The first-order chi connectivity index (χ1) is 11.4. The minimum atomic E-state index is -1.71. The standard InChI is InChI=1S/C19H30F4O/c1-10-2-4-11(5-3-10)12-6-14(20)18(15(21)7-12)13-8-16(22)19(24)17(23)9-13/h10-19,24H,2-9H2,1H3. The fraction of sp³-hybridized carbons (Fsp3) is 1.00. The first-order valence-corrected chi connectivity index (χ1v) is 9.61. The van der Waals surface area contributed by atoms with Crippen LogP contribution in [-0.4, -0.2) is 35.9 Å². The van der Waals surface area contributed by atoms with Crippen LogP contribution in [0.5, 0.6) is 0 Å². The second kappa shape index (κ2) is 7.51. The van der Waals surface area contributed by atoms with Crippen LogP contribution < -0.4 is 0 Å². The fourth-order valence-corrected chi connectivity index (χ4v) is 5.44. The highest BCUT2D eigenvalue weighted by Crippen LogP contribution is 2.48. The SMILES string of the molecule is CC1CCC(C2CC(F)C(C3CC(F)C(O)C(F)C3)C(F)C2)CC1. The summed E-state index contributed by atoms with van der Waals surface area (Å²) in [6, 6.07) is 0. The van der Waals surface area contributed by atoms with Gasteiger partial charge in [-0.2, -0.15) is 0 Å². The molecule has 3 aliphatic carbocycles. The summed E-state index contributed by atoms with van der Waals surface area (Å²) in [6.07, 6.45) is -2.95. The van der Waals surface area contributed by atoms with Crippen LogP contribution in [0.2, 0.25) is 0 Å². The molecule has 24 heavy (non-hydrogen) atoms. The summed E-state index contributed by atoms with van der Waals surface area (Å²) < 4.78 is 57.0. The number of aliphatic hydroxyl groups is 1. The van der Waals surface area contributed by atoms with E-state index >= 15 is 0 Å². The summed E-state index contributed by atoms with van der Waals surface area (Å²) >= 11 is 0. The third kappa shape index (κ3) is 3.76. The second-order valence-corrected chi connectivity index (χ2v) is 8.61. The number of halogens is 4. The Morgan fingerprint density at radius 2 is 1.08 bits per heavy atom. The molecule has 0 bridgehead atoms. The molecule has 1 N–H and O–H groups in total. The van der Waals surface area contributed by atoms with Crippen molar-refractivity contribution < 1.29 is 22.7 Å². The number of alkyl halides is 4. The van der Waals surface area contributed by atoms with Crippen molar-refractivity contribution in [1.82, 2.24) is 0 Å². The molecule has 4 atom stereocenters. The molecule has 0 saturated heterocycles. The fourth-order valence-electron chi connectivity index (χ4n) is 5.44. The predicted octanol–water partition coefficient (Wildman–Crippen LogP) is 4.96. The molecule has 5 heteroatoms. The van der Waals surface area contributed by atoms with E-state index in [0.717, 1.165) is 25.7 Å². The van der Waals surface area contributed by atoms with Crippen molar-refractivity contribution in [2.24, 2.45) is 29.6 Å². The van der Waals surface area contributed by atoms with E-state index in [1.165, 1.54) is 0 Å². The first kappa shape index (κ1) is 18.5. The van der Waals surface area contributed by atoms with E-state index in [9.17, 15) is 22.7 Å². The van der Waals surface area contributed by atoms with Crippen LogP contribution >= 0.6 is 0 Å². The van der Waals surface area contributed by atoms with Gasteiger partial charge in [-0.25, -0.2) is 17.6 Å². The number of hydrogen-bond acceptors (Lipinski definition) is 1. The van der Waals surface area contributed by atoms with Crippen molar-refractivity contribution in [1.29, 1.82) is 0 Å². The molecule has 0 aliphatic heterocycles. The molecular weight excluding hydrogens is 320 g/mol. The van der Waals surface area contributed by atoms with Crippen LogP contribution in [0.1, 0.15) is 58.3 Å². The van der Waals surface area contributed by atoms with Gasteiger partial charge in [0.2, 0.25) is 0 Å². The summed E-state index contributed by atoms with van der Waals surface area (Å²) in [4.78, 5) is 0. The third-order valence-corrected chi connectivity index (χ3v) is 6.96. The number of hydrogen-bond donors (Lipinski definition) is 1. The van der Waals surface area contributed by atoms with Gasteiger partial charge in [-0.1, -0.05) is 19.8 Å². The van der Waals surface area contributed by atoms with E-state index in [0.29, 0.717) is 24.7 Å². The van der Waals surface area contributed by atoms with E-state index in [1.807, 2.05) is 0 Å². The van der Waals surface area contributed by atoms with Gasteiger partial charge in [0.1, 0.15) is 30.8 Å². The lowest BCUT2D eigenvalue weighted by Crippen LogP contribution is -2.48. The molecule has 3 fully saturated rings. The maximum Gasteiger partial charge on any atom is 0.129 e. The number of rotatable bonds is 2. The first-order valence-electron chi connectivity index (χ1n) is 9.61. The van der Waals surface area contributed by atoms with E-state index in [4.69, 9.17) is 0 Å². The van der Waals surface area contributed by atoms with E-state index in [2.05, 4.69) is 6.92 Å². The Balaban J connectivity index is 1.61. The Labute approximate surface area is 142 Å². The average Bonchev–Trinajstić information content (AvgIpc) is 2.52. The summed E-state index contributed by atoms with van der Waals surface area (Å²) in [7, 11) is 0. The largest absolute Gasteiger partial charge is 0.387 e. The lowest BCUT2D eigenvalue weighted by atomic mass is 9.64. The number of aliphatic hydroxyl groups excluding tert-OH is 1. The summed E-state index contributed by atoms with van der Waals surface area (Å²) in [5, 5.41) is 9.39. The molecule has 0 aromatic heterocycles. The van der Waals surface area contributed by atoms with Gasteiger partial charge in [-0.3, -0.25) is 0 Å². The summed E-state index contributed by atoms with van der Waals surface area (Å²) in [5.74, 6) is -0.384. The highest BCUT2D eigenvalue weighted by Gasteiger charge is 2.49. The molecule has 0 radical (unpaired) electrons. The molecule has 0 amide bonds. The maximum absolute atomic E-state index is 14.8. The smallest absolute Gasteiger partial charge is 0.129 e. The Morgan fingerprint density at radius 1 is 0.625 bits per heavy atom. The third-order valence-electron chi connectivity index (χ3n) is 6.96. The van der Waals surface area contributed by atoms with Gasteiger partial charge in [0.25, 0.3) is 0 Å². The highest BCUT2D eigenvalue weighted by molar-refractivity contribution is 4.97. The van der Waals surface area contributed by atoms with Gasteiger partial charge in [0.15, 0.2) is 0 Å². The quantitative estimate of drug-likeness (QED) is 0.698. The molecule has 3 rings (SSSR count). The van der Waals surface area contributed by atoms with Crippen LogP contribution in [0, 0.1) is 29.6 Å². The molecule has 0 aromatic rings. The average molecular weight is 350 g/mol. The molecule has 140 valence electrons. The van der Waals surface area contributed by atoms with Gasteiger partial charge in [0.05, 0.1) is 0 Å². The van der Waals surface area contributed by atoms with E-state index < -0.39 is 42.6 Å². The van der Waals surface area contributed by atoms with Crippen LogP contribution in [0.25, 0.3) is 0 Å². The Morgan fingerprint density at radius 3 is 1.58 bits per heavy atom. The topological polar surface area (TPSA) is 20.2 Å². The lowest BCUT2D eigenvalue weighted by molar-refractivity contribution is -0.0801. The highest BCUT2D eigenvalue weighted by atomic mass is 19.2. The van der Waals surface area contributed by atoms with Crippen molar-refractivity contribution >= 4 is 0 Å². The van der Waals surface area contributed by atoms with Crippen LogP contribution in [-0.2, 0) is 0 Å². The normalized spacial score (nSPS) is 53.8. The van der Waals surface area contributed by atoms with Crippen LogP contribution in [0.4, 0.5) is 17.6 Å². The van der Waals surface area contributed by atoms with Crippen LogP contribution in [0.15, 0.2) is 0 Å². The molecule has 0 heterocycles. The van der Waals surface area contributed by atoms with Crippen molar-refractivity contribution in [2.45, 2.75) is 89.1 Å². The van der Waals surface area contributed by atoms with Gasteiger partial charge in [-0.15, -0.1) is 0 Å².